The quantitative estimate of drug-likeness (QED) is 0.676. The molecule has 1 N–H and O–H groups in total. The summed E-state index contributed by atoms with van der Waals surface area (Å²) < 4.78 is 1.86. The molecule has 0 saturated carbocycles. The standard InChI is InChI=1S/C16H18N4O/c1-3-9-18-16(21)12(11-17)10-14-13-7-5-6-8-15(13)20(4-2)19-14/h5-8,10H,3-4,9H2,1-2H3,(H,18,21)/b12-10+. The molecular weight excluding hydrogens is 264 g/mol. The zero-order valence-electron chi connectivity index (χ0n) is 12.3. The summed E-state index contributed by atoms with van der Waals surface area (Å²) in [4.78, 5) is 11.9. The number of aryl methyl sites for hydroxylation is 1. The van der Waals surface area contributed by atoms with Crippen molar-refractivity contribution in [1.82, 2.24) is 15.1 Å². The van der Waals surface area contributed by atoms with Crippen LogP contribution in [-0.4, -0.2) is 22.2 Å². The lowest BCUT2D eigenvalue weighted by Gasteiger charge is -2.00. The Morgan fingerprint density at radius 1 is 1.43 bits per heavy atom. The molecule has 1 heterocycles. The monoisotopic (exact) mass is 282 g/mol. The van der Waals surface area contributed by atoms with Crippen LogP contribution in [0.4, 0.5) is 0 Å². The van der Waals surface area contributed by atoms with Crippen molar-refractivity contribution in [2.24, 2.45) is 0 Å². The Labute approximate surface area is 123 Å². The number of para-hydroxylation sites is 1. The molecule has 1 aromatic carbocycles. The van der Waals surface area contributed by atoms with E-state index in [1.54, 1.807) is 6.08 Å². The van der Waals surface area contributed by atoms with E-state index in [1.807, 2.05) is 48.9 Å². The van der Waals surface area contributed by atoms with Gasteiger partial charge in [-0.25, -0.2) is 0 Å². The van der Waals surface area contributed by atoms with Gasteiger partial charge in [-0.05, 0) is 25.5 Å². The van der Waals surface area contributed by atoms with Crippen molar-refractivity contribution in [3.05, 3.63) is 35.5 Å². The Bertz CT molecular complexity index is 721. The Kier molecular flexibility index (Phi) is 4.72. The van der Waals surface area contributed by atoms with Crippen LogP contribution in [0, 0.1) is 11.3 Å². The van der Waals surface area contributed by atoms with Crippen molar-refractivity contribution in [2.45, 2.75) is 26.8 Å². The molecule has 1 aromatic heterocycles. The molecule has 2 rings (SSSR count). The van der Waals surface area contributed by atoms with E-state index in [-0.39, 0.29) is 11.5 Å². The van der Waals surface area contributed by atoms with Gasteiger partial charge in [0.1, 0.15) is 11.6 Å². The van der Waals surface area contributed by atoms with Crippen molar-refractivity contribution in [2.75, 3.05) is 6.54 Å². The number of fused-ring (bicyclic) bond motifs is 1. The Morgan fingerprint density at radius 3 is 2.86 bits per heavy atom. The van der Waals surface area contributed by atoms with Gasteiger partial charge in [-0.1, -0.05) is 25.1 Å². The third-order valence-electron chi connectivity index (χ3n) is 3.17. The van der Waals surface area contributed by atoms with E-state index in [9.17, 15) is 10.1 Å². The first-order chi connectivity index (χ1) is 10.2. The van der Waals surface area contributed by atoms with Crippen LogP contribution in [0.3, 0.4) is 0 Å². The summed E-state index contributed by atoms with van der Waals surface area (Å²) >= 11 is 0. The lowest BCUT2D eigenvalue weighted by atomic mass is 10.1. The van der Waals surface area contributed by atoms with Crippen molar-refractivity contribution < 1.29 is 4.79 Å². The summed E-state index contributed by atoms with van der Waals surface area (Å²) in [7, 11) is 0. The van der Waals surface area contributed by atoms with Crippen LogP contribution >= 0.6 is 0 Å². The molecule has 0 aliphatic rings. The summed E-state index contributed by atoms with van der Waals surface area (Å²) in [5.41, 5.74) is 1.73. The number of nitrogens with one attached hydrogen (secondary N) is 1. The van der Waals surface area contributed by atoms with Gasteiger partial charge in [-0.2, -0.15) is 10.4 Å². The third kappa shape index (κ3) is 3.11. The minimum Gasteiger partial charge on any atom is -0.351 e. The number of hydrogen-bond donors (Lipinski definition) is 1. The number of carbonyl (C=O) groups excluding carboxylic acids is 1. The molecule has 0 atom stereocenters. The minimum atomic E-state index is -0.352. The number of nitriles is 1. The van der Waals surface area contributed by atoms with E-state index in [0.717, 1.165) is 23.9 Å². The lowest BCUT2D eigenvalue weighted by molar-refractivity contribution is -0.117. The first-order valence-corrected chi connectivity index (χ1v) is 7.06. The number of hydrogen-bond acceptors (Lipinski definition) is 3. The topological polar surface area (TPSA) is 70.7 Å². The van der Waals surface area contributed by atoms with Crippen LogP contribution in [0.15, 0.2) is 29.8 Å². The molecular formula is C16H18N4O. The van der Waals surface area contributed by atoms with E-state index < -0.39 is 0 Å². The van der Waals surface area contributed by atoms with Gasteiger partial charge >= 0.3 is 0 Å². The molecule has 0 unspecified atom stereocenters. The van der Waals surface area contributed by atoms with Gasteiger partial charge < -0.3 is 5.32 Å². The third-order valence-corrected chi connectivity index (χ3v) is 3.17. The summed E-state index contributed by atoms with van der Waals surface area (Å²) in [6.45, 7) is 5.26. The Balaban J connectivity index is 2.43. The van der Waals surface area contributed by atoms with E-state index in [2.05, 4.69) is 10.4 Å². The lowest BCUT2D eigenvalue weighted by Crippen LogP contribution is -2.25. The van der Waals surface area contributed by atoms with Crippen LogP contribution in [0.2, 0.25) is 0 Å². The van der Waals surface area contributed by atoms with Gasteiger partial charge in [0.15, 0.2) is 0 Å². The van der Waals surface area contributed by atoms with Crippen LogP contribution < -0.4 is 5.32 Å². The second kappa shape index (κ2) is 6.71. The maximum atomic E-state index is 11.9. The molecule has 2 aromatic rings. The van der Waals surface area contributed by atoms with Gasteiger partial charge in [-0.3, -0.25) is 9.48 Å². The molecule has 108 valence electrons. The molecule has 0 aliphatic carbocycles. The second-order valence-electron chi connectivity index (χ2n) is 4.64. The molecule has 21 heavy (non-hydrogen) atoms. The summed E-state index contributed by atoms with van der Waals surface area (Å²) in [5, 5.41) is 17.3. The average Bonchev–Trinajstić information content (AvgIpc) is 2.88. The van der Waals surface area contributed by atoms with Crippen molar-refractivity contribution in [3.8, 4) is 6.07 Å². The minimum absolute atomic E-state index is 0.0787. The fourth-order valence-corrected chi connectivity index (χ4v) is 2.12. The Morgan fingerprint density at radius 2 is 2.19 bits per heavy atom. The van der Waals surface area contributed by atoms with Crippen molar-refractivity contribution in [3.63, 3.8) is 0 Å². The van der Waals surface area contributed by atoms with Crippen LogP contribution in [0.1, 0.15) is 26.0 Å². The number of amides is 1. The van der Waals surface area contributed by atoms with Crippen LogP contribution in [0.5, 0.6) is 0 Å². The SMILES string of the molecule is CCCNC(=O)/C(C#N)=C/c1nn(CC)c2ccccc12. The highest BCUT2D eigenvalue weighted by Crippen LogP contribution is 2.20. The molecule has 0 aliphatic heterocycles. The van der Waals surface area contributed by atoms with Crippen molar-refractivity contribution >= 4 is 22.9 Å². The number of aromatic nitrogens is 2. The largest absolute Gasteiger partial charge is 0.351 e. The zero-order chi connectivity index (χ0) is 15.2. The molecule has 0 bridgehead atoms. The van der Waals surface area contributed by atoms with Crippen LogP contribution in [-0.2, 0) is 11.3 Å². The molecule has 0 saturated heterocycles. The van der Waals surface area contributed by atoms with Gasteiger partial charge in [0.2, 0.25) is 0 Å². The molecule has 5 heteroatoms. The van der Waals surface area contributed by atoms with E-state index in [4.69, 9.17) is 0 Å². The highest BCUT2D eigenvalue weighted by molar-refractivity contribution is 6.03. The predicted octanol–water partition coefficient (Wildman–Crippen LogP) is 2.49. The number of benzene rings is 1. The summed E-state index contributed by atoms with van der Waals surface area (Å²) in [6, 6.07) is 9.74. The predicted molar refractivity (Wildman–Crippen MR) is 82.3 cm³/mol. The second-order valence-corrected chi connectivity index (χ2v) is 4.64. The van der Waals surface area contributed by atoms with Crippen LogP contribution in [0.25, 0.3) is 17.0 Å². The molecule has 0 radical (unpaired) electrons. The van der Waals surface area contributed by atoms with Crippen molar-refractivity contribution in [1.29, 1.82) is 5.26 Å². The maximum absolute atomic E-state index is 11.9. The fourth-order valence-electron chi connectivity index (χ4n) is 2.12. The van der Waals surface area contributed by atoms with Gasteiger partial charge in [0.05, 0.1) is 11.2 Å². The van der Waals surface area contributed by atoms with E-state index in [0.29, 0.717) is 12.2 Å². The Hall–Kier alpha value is -2.61. The molecule has 0 spiro atoms. The zero-order valence-corrected chi connectivity index (χ0v) is 12.3. The van der Waals surface area contributed by atoms with E-state index in [1.165, 1.54) is 0 Å². The first-order valence-electron chi connectivity index (χ1n) is 7.06. The molecule has 0 fully saturated rings. The normalized spacial score (nSPS) is 11.4. The maximum Gasteiger partial charge on any atom is 0.262 e. The fraction of sp³-hybridized carbons (Fsp3) is 0.312. The highest BCUT2D eigenvalue weighted by Gasteiger charge is 2.12. The summed E-state index contributed by atoms with van der Waals surface area (Å²) in [6.07, 6.45) is 2.39. The molecule has 1 amide bonds. The first kappa shape index (κ1) is 14.8. The highest BCUT2D eigenvalue weighted by atomic mass is 16.1. The van der Waals surface area contributed by atoms with Gasteiger partial charge in [0.25, 0.3) is 5.91 Å². The number of carbonyl (C=O) groups is 1. The number of rotatable bonds is 5. The number of nitrogens with zero attached hydrogens (tertiary/aromatic N) is 3. The van der Waals surface area contributed by atoms with E-state index >= 15 is 0 Å². The smallest absolute Gasteiger partial charge is 0.262 e. The summed E-state index contributed by atoms with van der Waals surface area (Å²) in [5.74, 6) is -0.352. The average molecular weight is 282 g/mol. The van der Waals surface area contributed by atoms with Gasteiger partial charge in [-0.15, -0.1) is 0 Å². The molecule has 5 nitrogen and oxygen atoms in total. The van der Waals surface area contributed by atoms with Gasteiger partial charge in [0, 0.05) is 18.5 Å².